The second-order valence-electron chi connectivity index (χ2n) is 5.18. The first-order chi connectivity index (χ1) is 9.66. The Morgan fingerprint density at radius 1 is 1.05 bits per heavy atom. The Bertz CT molecular complexity index is 649. The molecule has 1 amide bonds. The second kappa shape index (κ2) is 5.00. The van der Waals surface area contributed by atoms with E-state index < -0.39 is 0 Å². The van der Waals surface area contributed by atoms with E-state index >= 15 is 0 Å². The van der Waals surface area contributed by atoms with Crippen molar-refractivity contribution in [2.45, 2.75) is 12.5 Å². The van der Waals surface area contributed by atoms with Crippen LogP contribution in [0.25, 0.3) is 11.1 Å². The molecule has 1 aliphatic heterocycles. The Morgan fingerprint density at radius 2 is 1.70 bits per heavy atom. The summed E-state index contributed by atoms with van der Waals surface area (Å²) in [6.07, 6.45) is 0.147. The summed E-state index contributed by atoms with van der Waals surface area (Å²) in [4.78, 5) is 13.6. The standard InChI is InChI=1S/C17H17NO2/c1-18(2)17(19)11-16-14-9-4-3-7-12(14)13-8-5-6-10-15(13)20-16/h3-10,16H,11H2,1-2H3. The molecule has 1 atom stereocenters. The van der Waals surface area contributed by atoms with Crippen LogP contribution in [0, 0.1) is 0 Å². The molecule has 3 heteroatoms. The van der Waals surface area contributed by atoms with Crippen LogP contribution in [0.5, 0.6) is 5.75 Å². The summed E-state index contributed by atoms with van der Waals surface area (Å²) in [5, 5.41) is 0. The normalized spacial score (nSPS) is 15.8. The third-order valence-corrected chi connectivity index (χ3v) is 3.61. The minimum atomic E-state index is -0.212. The minimum absolute atomic E-state index is 0.0733. The highest BCUT2D eigenvalue weighted by Crippen LogP contribution is 2.43. The van der Waals surface area contributed by atoms with E-state index in [4.69, 9.17) is 4.74 Å². The maximum Gasteiger partial charge on any atom is 0.226 e. The van der Waals surface area contributed by atoms with Crippen LogP contribution in [0.2, 0.25) is 0 Å². The average Bonchev–Trinajstić information content (AvgIpc) is 2.47. The smallest absolute Gasteiger partial charge is 0.226 e. The van der Waals surface area contributed by atoms with Crippen molar-refractivity contribution < 1.29 is 9.53 Å². The second-order valence-corrected chi connectivity index (χ2v) is 5.18. The van der Waals surface area contributed by atoms with Crippen LogP contribution in [-0.2, 0) is 4.79 Å². The first-order valence-electron chi connectivity index (χ1n) is 6.72. The molecule has 2 aromatic rings. The number of fused-ring (bicyclic) bond motifs is 3. The summed E-state index contributed by atoms with van der Waals surface area (Å²) < 4.78 is 6.03. The number of hydrogen-bond donors (Lipinski definition) is 0. The number of ether oxygens (including phenoxy) is 1. The van der Waals surface area contributed by atoms with Crippen molar-refractivity contribution in [3.05, 3.63) is 54.1 Å². The molecular weight excluding hydrogens is 250 g/mol. The zero-order valence-corrected chi connectivity index (χ0v) is 11.7. The van der Waals surface area contributed by atoms with Crippen molar-refractivity contribution in [3.8, 4) is 16.9 Å². The average molecular weight is 267 g/mol. The zero-order valence-electron chi connectivity index (χ0n) is 11.7. The van der Waals surface area contributed by atoms with Crippen molar-refractivity contribution in [1.82, 2.24) is 4.90 Å². The van der Waals surface area contributed by atoms with Crippen LogP contribution in [0.3, 0.4) is 0 Å². The quantitative estimate of drug-likeness (QED) is 0.835. The third-order valence-electron chi connectivity index (χ3n) is 3.61. The topological polar surface area (TPSA) is 29.5 Å². The van der Waals surface area contributed by atoms with E-state index in [0.29, 0.717) is 6.42 Å². The molecule has 0 fully saturated rings. The molecule has 1 heterocycles. The third kappa shape index (κ3) is 2.16. The monoisotopic (exact) mass is 267 g/mol. The highest BCUT2D eigenvalue weighted by molar-refractivity contribution is 5.80. The summed E-state index contributed by atoms with van der Waals surface area (Å²) in [6, 6.07) is 16.1. The molecule has 0 bridgehead atoms. The molecule has 1 unspecified atom stereocenters. The van der Waals surface area contributed by atoms with Crippen molar-refractivity contribution in [2.24, 2.45) is 0 Å². The van der Waals surface area contributed by atoms with Gasteiger partial charge in [-0.05, 0) is 11.6 Å². The van der Waals surface area contributed by atoms with Gasteiger partial charge in [0.15, 0.2) is 0 Å². The van der Waals surface area contributed by atoms with Crippen LogP contribution >= 0.6 is 0 Å². The summed E-state index contributed by atoms with van der Waals surface area (Å²) >= 11 is 0. The van der Waals surface area contributed by atoms with Crippen LogP contribution in [-0.4, -0.2) is 24.9 Å². The number of benzene rings is 2. The lowest BCUT2D eigenvalue weighted by Gasteiger charge is -2.29. The number of nitrogens with zero attached hydrogens (tertiary/aromatic N) is 1. The summed E-state index contributed by atoms with van der Waals surface area (Å²) in [5.74, 6) is 0.923. The van der Waals surface area contributed by atoms with E-state index in [-0.39, 0.29) is 12.0 Å². The van der Waals surface area contributed by atoms with E-state index in [1.54, 1.807) is 19.0 Å². The fourth-order valence-electron chi connectivity index (χ4n) is 2.52. The molecule has 0 aliphatic carbocycles. The molecule has 0 radical (unpaired) electrons. The van der Waals surface area contributed by atoms with Crippen LogP contribution < -0.4 is 4.74 Å². The van der Waals surface area contributed by atoms with Gasteiger partial charge in [-0.25, -0.2) is 0 Å². The summed E-state index contributed by atoms with van der Waals surface area (Å²) in [5.41, 5.74) is 3.34. The van der Waals surface area contributed by atoms with Crippen molar-refractivity contribution in [2.75, 3.05) is 14.1 Å². The van der Waals surface area contributed by atoms with Crippen molar-refractivity contribution in [3.63, 3.8) is 0 Å². The lowest BCUT2D eigenvalue weighted by Crippen LogP contribution is -2.26. The van der Waals surface area contributed by atoms with Gasteiger partial charge in [-0.1, -0.05) is 42.5 Å². The molecule has 3 rings (SSSR count). The number of carbonyl (C=O) groups is 1. The summed E-state index contributed by atoms with van der Waals surface area (Å²) in [7, 11) is 3.54. The van der Waals surface area contributed by atoms with Crippen molar-refractivity contribution >= 4 is 5.91 Å². The molecule has 0 saturated carbocycles. The van der Waals surface area contributed by atoms with E-state index in [2.05, 4.69) is 12.1 Å². The lowest BCUT2D eigenvalue weighted by atomic mass is 9.91. The molecule has 3 nitrogen and oxygen atoms in total. The number of amides is 1. The summed E-state index contributed by atoms with van der Waals surface area (Å²) in [6.45, 7) is 0. The van der Waals surface area contributed by atoms with Gasteiger partial charge in [0.05, 0.1) is 6.42 Å². The molecule has 0 N–H and O–H groups in total. The van der Waals surface area contributed by atoms with Crippen LogP contribution in [0.4, 0.5) is 0 Å². The van der Waals surface area contributed by atoms with Crippen molar-refractivity contribution in [1.29, 1.82) is 0 Å². The zero-order chi connectivity index (χ0) is 14.1. The van der Waals surface area contributed by atoms with Gasteiger partial charge in [0, 0.05) is 25.2 Å². The molecule has 1 aliphatic rings. The van der Waals surface area contributed by atoms with Gasteiger partial charge in [-0.3, -0.25) is 4.79 Å². The number of para-hydroxylation sites is 1. The van der Waals surface area contributed by atoms with Gasteiger partial charge in [0.1, 0.15) is 11.9 Å². The van der Waals surface area contributed by atoms with E-state index in [9.17, 15) is 4.79 Å². The highest BCUT2D eigenvalue weighted by atomic mass is 16.5. The molecular formula is C17H17NO2. The molecule has 20 heavy (non-hydrogen) atoms. The van der Waals surface area contributed by atoms with E-state index in [0.717, 1.165) is 22.4 Å². The lowest BCUT2D eigenvalue weighted by molar-refractivity contribution is -0.130. The first-order valence-corrected chi connectivity index (χ1v) is 6.72. The largest absolute Gasteiger partial charge is 0.485 e. The van der Waals surface area contributed by atoms with Gasteiger partial charge in [-0.2, -0.15) is 0 Å². The van der Waals surface area contributed by atoms with E-state index in [1.807, 2.05) is 36.4 Å². The maximum absolute atomic E-state index is 12.0. The molecule has 0 spiro atoms. The van der Waals surface area contributed by atoms with Gasteiger partial charge >= 0.3 is 0 Å². The fourth-order valence-corrected chi connectivity index (χ4v) is 2.52. The number of hydrogen-bond acceptors (Lipinski definition) is 2. The Labute approximate surface area is 118 Å². The maximum atomic E-state index is 12.0. The van der Waals surface area contributed by atoms with E-state index in [1.165, 1.54) is 0 Å². The fraction of sp³-hybridized carbons (Fsp3) is 0.235. The number of rotatable bonds is 2. The predicted molar refractivity (Wildman–Crippen MR) is 78.6 cm³/mol. The Hall–Kier alpha value is -2.29. The van der Waals surface area contributed by atoms with Gasteiger partial charge in [0.25, 0.3) is 0 Å². The highest BCUT2D eigenvalue weighted by Gasteiger charge is 2.27. The molecule has 2 aromatic carbocycles. The molecule has 102 valence electrons. The van der Waals surface area contributed by atoms with Gasteiger partial charge < -0.3 is 9.64 Å². The Morgan fingerprint density at radius 3 is 2.45 bits per heavy atom. The van der Waals surface area contributed by atoms with Crippen LogP contribution in [0.1, 0.15) is 18.1 Å². The minimum Gasteiger partial charge on any atom is -0.485 e. The van der Waals surface area contributed by atoms with Gasteiger partial charge in [-0.15, -0.1) is 0 Å². The first kappa shape index (κ1) is 12.7. The SMILES string of the molecule is CN(C)C(=O)CC1Oc2ccccc2-c2ccccc21. The molecule has 0 saturated heterocycles. The molecule has 0 aromatic heterocycles. The predicted octanol–water partition coefficient (Wildman–Crippen LogP) is 3.27. The number of carbonyl (C=O) groups excluding carboxylic acids is 1. The Balaban J connectivity index is 2.02. The van der Waals surface area contributed by atoms with Crippen LogP contribution in [0.15, 0.2) is 48.5 Å². The van der Waals surface area contributed by atoms with Gasteiger partial charge in [0.2, 0.25) is 5.91 Å². The Kier molecular flexibility index (Phi) is 3.18.